The monoisotopic (exact) mass is 504 g/mol. The van der Waals surface area contributed by atoms with Crippen molar-refractivity contribution in [3.63, 3.8) is 0 Å². The minimum atomic E-state index is 0.641. The van der Waals surface area contributed by atoms with Crippen molar-refractivity contribution in [1.82, 2.24) is 0 Å². The van der Waals surface area contributed by atoms with Crippen LogP contribution < -0.4 is 0 Å². The molecule has 1 aromatic rings. The summed E-state index contributed by atoms with van der Waals surface area (Å²) >= 11 is 7.75. The molecular formula is C26H34Br2. The average molecular weight is 506 g/mol. The number of benzene rings is 1. The van der Waals surface area contributed by atoms with E-state index in [1.54, 1.807) is 11.1 Å². The van der Waals surface area contributed by atoms with Crippen LogP contribution in [-0.2, 0) is 0 Å². The molecule has 0 heterocycles. The van der Waals surface area contributed by atoms with Gasteiger partial charge in [0.2, 0.25) is 0 Å². The van der Waals surface area contributed by atoms with Gasteiger partial charge in [-0.25, -0.2) is 0 Å². The average Bonchev–Trinajstić information content (AvgIpc) is 3.14. The highest BCUT2D eigenvalue weighted by Crippen LogP contribution is 2.60. The number of alkyl halides is 1. The van der Waals surface area contributed by atoms with Crippen molar-refractivity contribution in [2.75, 3.05) is 0 Å². The molecule has 0 radical (unpaired) electrons. The van der Waals surface area contributed by atoms with Gasteiger partial charge in [0.15, 0.2) is 0 Å². The van der Waals surface area contributed by atoms with Crippen LogP contribution in [0.3, 0.4) is 0 Å². The molecule has 28 heavy (non-hydrogen) atoms. The Morgan fingerprint density at radius 2 is 1.82 bits per heavy atom. The summed E-state index contributed by atoms with van der Waals surface area (Å²) < 4.78 is 1.27. The SMILES string of the molecule is CC1=Cc2c(Br)cccc2C1CC1C(C)CC2C(C)C3CCC(Br)CC3CC12. The van der Waals surface area contributed by atoms with Gasteiger partial charge in [-0.15, -0.1) is 0 Å². The van der Waals surface area contributed by atoms with Gasteiger partial charge in [-0.05, 0) is 104 Å². The van der Waals surface area contributed by atoms with Gasteiger partial charge in [0, 0.05) is 15.2 Å². The molecule has 0 aliphatic heterocycles. The van der Waals surface area contributed by atoms with Crippen LogP contribution in [0.1, 0.15) is 76.3 Å². The maximum Gasteiger partial charge on any atom is 0.0250 e. The second-order valence-electron chi connectivity index (χ2n) is 10.6. The molecule has 4 aliphatic carbocycles. The lowest BCUT2D eigenvalue weighted by atomic mass is 9.58. The molecular weight excluding hydrogens is 472 g/mol. The van der Waals surface area contributed by atoms with Crippen molar-refractivity contribution in [3.8, 4) is 0 Å². The first-order valence-electron chi connectivity index (χ1n) is 11.5. The quantitative estimate of drug-likeness (QED) is 0.353. The lowest BCUT2D eigenvalue weighted by Crippen LogP contribution is -2.41. The molecule has 0 spiro atoms. The highest BCUT2D eigenvalue weighted by molar-refractivity contribution is 9.10. The fourth-order valence-corrected chi connectivity index (χ4v) is 9.15. The molecule has 0 nitrogen and oxygen atoms in total. The van der Waals surface area contributed by atoms with Crippen LogP contribution in [0.15, 0.2) is 28.2 Å². The van der Waals surface area contributed by atoms with Crippen LogP contribution in [0.25, 0.3) is 6.08 Å². The Morgan fingerprint density at radius 3 is 2.64 bits per heavy atom. The van der Waals surface area contributed by atoms with Gasteiger partial charge in [-0.1, -0.05) is 69.5 Å². The normalized spacial score (nSPS) is 44.6. The Labute approximate surface area is 188 Å². The molecule has 3 saturated carbocycles. The van der Waals surface area contributed by atoms with E-state index in [1.165, 1.54) is 48.6 Å². The van der Waals surface area contributed by atoms with Gasteiger partial charge in [0.25, 0.3) is 0 Å². The van der Waals surface area contributed by atoms with E-state index in [9.17, 15) is 0 Å². The molecule has 2 heteroatoms. The fraction of sp³-hybridized carbons (Fsp3) is 0.692. The van der Waals surface area contributed by atoms with Crippen LogP contribution in [0.4, 0.5) is 0 Å². The van der Waals surface area contributed by atoms with Crippen LogP contribution in [0, 0.1) is 41.4 Å². The summed E-state index contributed by atoms with van der Waals surface area (Å²) in [5.74, 6) is 7.31. The summed E-state index contributed by atoms with van der Waals surface area (Å²) in [6.07, 6.45) is 11.1. The number of hydrogen-bond donors (Lipinski definition) is 0. The van der Waals surface area contributed by atoms with Crippen LogP contribution in [-0.4, -0.2) is 4.83 Å². The summed E-state index contributed by atoms with van der Waals surface area (Å²) in [6.45, 7) is 7.55. The first-order valence-corrected chi connectivity index (χ1v) is 13.3. The molecule has 0 amide bonds. The van der Waals surface area contributed by atoms with Gasteiger partial charge < -0.3 is 0 Å². The topological polar surface area (TPSA) is 0 Å². The van der Waals surface area contributed by atoms with E-state index in [0.717, 1.165) is 46.3 Å². The Hall–Kier alpha value is -0.0800. The van der Waals surface area contributed by atoms with Gasteiger partial charge in [-0.3, -0.25) is 0 Å². The number of halogens is 2. The summed E-state index contributed by atoms with van der Waals surface area (Å²) in [5, 5.41) is 0. The molecule has 0 saturated heterocycles. The zero-order valence-electron chi connectivity index (χ0n) is 17.5. The molecule has 9 atom stereocenters. The van der Waals surface area contributed by atoms with Crippen molar-refractivity contribution in [3.05, 3.63) is 39.4 Å². The maximum absolute atomic E-state index is 3.96. The number of fused-ring (bicyclic) bond motifs is 3. The highest BCUT2D eigenvalue weighted by Gasteiger charge is 2.52. The van der Waals surface area contributed by atoms with E-state index >= 15 is 0 Å². The summed E-state index contributed by atoms with van der Waals surface area (Å²) in [4.78, 5) is 0.777. The minimum Gasteiger partial charge on any atom is -0.0891 e. The third kappa shape index (κ3) is 3.20. The molecule has 3 fully saturated rings. The van der Waals surface area contributed by atoms with E-state index in [1.807, 2.05) is 0 Å². The minimum absolute atomic E-state index is 0.641. The van der Waals surface area contributed by atoms with E-state index in [2.05, 4.69) is 76.9 Å². The number of rotatable bonds is 2. The highest BCUT2D eigenvalue weighted by atomic mass is 79.9. The molecule has 9 unspecified atom stereocenters. The van der Waals surface area contributed by atoms with Crippen molar-refractivity contribution in [1.29, 1.82) is 0 Å². The van der Waals surface area contributed by atoms with Crippen molar-refractivity contribution in [2.24, 2.45) is 41.4 Å². The fourth-order valence-electron chi connectivity index (χ4n) is 7.91. The third-order valence-corrected chi connectivity index (χ3v) is 10.8. The van der Waals surface area contributed by atoms with E-state index in [4.69, 9.17) is 0 Å². The number of hydrogen-bond acceptors (Lipinski definition) is 0. The molecule has 1 aromatic carbocycles. The maximum atomic E-state index is 3.96. The Morgan fingerprint density at radius 1 is 1.00 bits per heavy atom. The van der Waals surface area contributed by atoms with Crippen molar-refractivity contribution >= 4 is 37.9 Å². The second kappa shape index (κ2) is 7.56. The van der Waals surface area contributed by atoms with Crippen molar-refractivity contribution < 1.29 is 0 Å². The van der Waals surface area contributed by atoms with Crippen LogP contribution in [0.5, 0.6) is 0 Å². The standard InChI is InChI=1S/C26H34Br2/c1-14-9-23-16(3)19-8-7-18(27)11-17(19)12-24(23)22(14)13-21-15(2)10-25-20(21)5-4-6-26(25)28/h4-6,10,14,16-19,21-24H,7-9,11-13H2,1-3H3. The molecule has 5 rings (SSSR count). The Bertz CT molecular complexity index is 779. The second-order valence-corrected chi connectivity index (χ2v) is 12.7. The summed E-state index contributed by atoms with van der Waals surface area (Å²) in [7, 11) is 0. The predicted octanol–water partition coefficient (Wildman–Crippen LogP) is 8.45. The van der Waals surface area contributed by atoms with Gasteiger partial charge in [-0.2, -0.15) is 0 Å². The lowest BCUT2D eigenvalue weighted by Gasteiger charge is -2.48. The van der Waals surface area contributed by atoms with Gasteiger partial charge in [0.1, 0.15) is 0 Å². The summed E-state index contributed by atoms with van der Waals surface area (Å²) in [6, 6.07) is 6.81. The lowest BCUT2D eigenvalue weighted by molar-refractivity contribution is 0.0221. The van der Waals surface area contributed by atoms with E-state index < -0.39 is 0 Å². The molecule has 0 aromatic heterocycles. The Balaban J connectivity index is 1.40. The van der Waals surface area contributed by atoms with E-state index in [-0.39, 0.29) is 0 Å². The third-order valence-electron chi connectivity index (χ3n) is 9.27. The van der Waals surface area contributed by atoms with Crippen molar-refractivity contribution in [2.45, 2.75) is 70.0 Å². The van der Waals surface area contributed by atoms with Gasteiger partial charge >= 0.3 is 0 Å². The molecule has 4 aliphatic rings. The molecule has 152 valence electrons. The van der Waals surface area contributed by atoms with Crippen LogP contribution >= 0.6 is 31.9 Å². The van der Waals surface area contributed by atoms with Crippen LogP contribution in [0.2, 0.25) is 0 Å². The molecule has 0 N–H and O–H groups in total. The Kier molecular flexibility index (Phi) is 5.36. The molecule has 0 bridgehead atoms. The predicted molar refractivity (Wildman–Crippen MR) is 127 cm³/mol. The first kappa shape index (κ1) is 19.9. The van der Waals surface area contributed by atoms with E-state index in [0.29, 0.717) is 5.92 Å². The zero-order chi connectivity index (χ0) is 19.6. The number of allylic oxidation sites excluding steroid dienone is 1. The largest absolute Gasteiger partial charge is 0.0891 e. The smallest absolute Gasteiger partial charge is 0.0250 e. The first-order chi connectivity index (χ1) is 13.4. The zero-order valence-corrected chi connectivity index (χ0v) is 20.7. The van der Waals surface area contributed by atoms with Gasteiger partial charge in [0.05, 0.1) is 0 Å². The summed E-state index contributed by atoms with van der Waals surface area (Å²) in [5.41, 5.74) is 4.60.